The summed E-state index contributed by atoms with van der Waals surface area (Å²) < 4.78 is 7.53. The van der Waals surface area contributed by atoms with Gasteiger partial charge in [0.05, 0.1) is 18.4 Å². The normalized spacial score (nSPS) is 17.2. The Morgan fingerprint density at radius 3 is 2.77 bits per heavy atom. The van der Waals surface area contributed by atoms with Gasteiger partial charge in [-0.2, -0.15) is 15.1 Å². The van der Waals surface area contributed by atoms with E-state index in [1.807, 2.05) is 36.6 Å². The summed E-state index contributed by atoms with van der Waals surface area (Å²) in [5, 5.41) is 16.4. The van der Waals surface area contributed by atoms with Gasteiger partial charge in [0.25, 0.3) is 5.91 Å². The molecule has 1 aromatic heterocycles. The van der Waals surface area contributed by atoms with Crippen LogP contribution in [0.3, 0.4) is 0 Å². The fourth-order valence-corrected chi connectivity index (χ4v) is 4.80. The molecule has 1 aromatic carbocycles. The molecule has 0 unspecified atom stereocenters. The van der Waals surface area contributed by atoms with E-state index in [4.69, 9.17) is 21.7 Å². The molecule has 1 amide bonds. The molecule has 31 heavy (non-hydrogen) atoms. The van der Waals surface area contributed by atoms with E-state index in [1.165, 1.54) is 16.8 Å². The SMILES string of the molecule is CCCC1=NN2C(=N)/C(=C/c3cc(C)n(-c4cc(Cl)ccc4OC)c3C)C(=O)N=C2S1. The first kappa shape index (κ1) is 21.4. The van der Waals surface area contributed by atoms with E-state index in [-0.39, 0.29) is 11.4 Å². The van der Waals surface area contributed by atoms with Crippen molar-refractivity contribution in [2.24, 2.45) is 10.1 Å². The molecule has 2 aromatic rings. The first-order valence-electron chi connectivity index (χ1n) is 9.86. The second kappa shape index (κ2) is 8.36. The Morgan fingerprint density at radius 1 is 1.29 bits per heavy atom. The lowest BCUT2D eigenvalue weighted by atomic mass is 10.1. The van der Waals surface area contributed by atoms with Crippen LogP contribution in [-0.2, 0) is 4.79 Å². The van der Waals surface area contributed by atoms with E-state index in [0.717, 1.165) is 40.5 Å². The average molecular weight is 456 g/mol. The number of carbonyl (C=O) groups excluding carboxylic acids is 1. The standard InChI is InChI=1S/C22H22ClN5O2S/c1-5-6-19-26-28-20(24)16(21(29)25-22(28)31-19)10-14-9-12(2)27(13(14)3)17-11-15(23)7-8-18(17)30-4/h7-11,24H,5-6H2,1-4H3/b16-10-,24-20?. The van der Waals surface area contributed by atoms with Crippen molar-refractivity contribution in [1.82, 2.24) is 9.58 Å². The van der Waals surface area contributed by atoms with Gasteiger partial charge in [-0.05, 0) is 74.4 Å². The molecular weight excluding hydrogens is 434 g/mol. The number of aliphatic imine (C=N–C) groups is 1. The number of thioether (sulfide) groups is 1. The van der Waals surface area contributed by atoms with Crippen LogP contribution in [0.1, 0.15) is 36.7 Å². The summed E-state index contributed by atoms with van der Waals surface area (Å²) in [6.07, 6.45) is 3.44. The lowest BCUT2D eigenvalue weighted by Gasteiger charge is -2.20. The maximum Gasteiger partial charge on any atom is 0.283 e. The van der Waals surface area contributed by atoms with Gasteiger partial charge in [0.2, 0.25) is 5.17 Å². The Balaban J connectivity index is 1.76. The van der Waals surface area contributed by atoms with Gasteiger partial charge in [-0.3, -0.25) is 10.2 Å². The van der Waals surface area contributed by atoms with Gasteiger partial charge < -0.3 is 9.30 Å². The molecule has 9 heteroatoms. The third kappa shape index (κ3) is 3.81. The van der Waals surface area contributed by atoms with Crippen molar-refractivity contribution in [2.75, 3.05) is 7.11 Å². The number of nitrogens with zero attached hydrogens (tertiary/aromatic N) is 4. The zero-order chi connectivity index (χ0) is 22.3. The van der Waals surface area contributed by atoms with Gasteiger partial charge in [-0.25, -0.2) is 0 Å². The molecule has 0 saturated carbocycles. The molecule has 3 heterocycles. The summed E-state index contributed by atoms with van der Waals surface area (Å²) in [7, 11) is 1.61. The summed E-state index contributed by atoms with van der Waals surface area (Å²) in [4.78, 5) is 16.9. The van der Waals surface area contributed by atoms with E-state index in [9.17, 15) is 4.79 Å². The van der Waals surface area contributed by atoms with E-state index < -0.39 is 5.91 Å². The topological polar surface area (TPSA) is 83.0 Å². The van der Waals surface area contributed by atoms with E-state index >= 15 is 0 Å². The fraction of sp³-hybridized carbons (Fsp3) is 0.273. The van der Waals surface area contributed by atoms with Gasteiger partial charge in [0.1, 0.15) is 10.8 Å². The highest BCUT2D eigenvalue weighted by molar-refractivity contribution is 8.26. The van der Waals surface area contributed by atoms with Gasteiger partial charge in [0, 0.05) is 16.4 Å². The quantitative estimate of drug-likeness (QED) is 0.630. The van der Waals surface area contributed by atoms with Crippen LogP contribution in [0.2, 0.25) is 5.02 Å². The largest absolute Gasteiger partial charge is 0.495 e. The van der Waals surface area contributed by atoms with Crippen LogP contribution in [0.25, 0.3) is 11.8 Å². The van der Waals surface area contributed by atoms with E-state index in [2.05, 4.69) is 17.0 Å². The number of aromatic nitrogens is 1. The first-order chi connectivity index (χ1) is 14.8. The lowest BCUT2D eigenvalue weighted by molar-refractivity contribution is -0.114. The van der Waals surface area contributed by atoms with Crippen molar-refractivity contribution in [3.8, 4) is 11.4 Å². The number of fused-ring (bicyclic) bond motifs is 1. The van der Waals surface area contributed by atoms with Gasteiger partial charge in [-0.1, -0.05) is 18.5 Å². The number of hydrazone groups is 1. The number of halogens is 1. The molecule has 0 fully saturated rings. The molecule has 7 nitrogen and oxygen atoms in total. The van der Waals surface area contributed by atoms with Crippen molar-refractivity contribution in [1.29, 1.82) is 5.41 Å². The number of hydrogen-bond donors (Lipinski definition) is 1. The summed E-state index contributed by atoms with van der Waals surface area (Å²) in [6, 6.07) is 7.40. The Kier molecular flexibility index (Phi) is 5.77. The number of hydrogen-bond acceptors (Lipinski definition) is 5. The molecule has 0 aliphatic carbocycles. The van der Waals surface area contributed by atoms with Crippen molar-refractivity contribution < 1.29 is 9.53 Å². The Labute approximate surface area is 189 Å². The molecular formula is C22H22ClN5O2S. The second-order valence-electron chi connectivity index (χ2n) is 7.24. The minimum absolute atomic E-state index is 0.0405. The molecule has 2 aliphatic rings. The van der Waals surface area contributed by atoms with Crippen LogP contribution in [0, 0.1) is 19.3 Å². The highest BCUT2D eigenvalue weighted by atomic mass is 35.5. The second-order valence-corrected chi connectivity index (χ2v) is 8.72. The summed E-state index contributed by atoms with van der Waals surface area (Å²) >= 11 is 7.58. The number of ether oxygens (including phenoxy) is 1. The molecule has 0 saturated heterocycles. The number of amidine groups is 2. The van der Waals surface area contributed by atoms with Gasteiger partial charge in [-0.15, -0.1) is 0 Å². The Bertz CT molecular complexity index is 1190. The van der Waals surface area contributed by atoms with Crippen LogP contribution in [-0.4, -0.2) is 38.6 Å². The molecule has 0 radical (unpaired) electrons. The zero-order valence-corrected chi connectivity index (χ0v) is 19.3. The molecule has 0 atom stereocenters. The zero-order valence-electron chi connectivity index (χ0n) is 17.7. The third-order valence-electron chi connectivity index (χ3n) is 5.11. The number of amides is 1. The fourth-order valence-electron chi connectivity index (χ4n) is 3.64. The van der Waals surface area contributed by atoms with Gasteiger partial charge in [0.15, 0.2) is 5.84 Å². The van der Waals surface area contributed by atoms with Crippen molar-refractivity contribution >= 4 is 51.4 Å². The highest BCUT2D eigenvalue weighted by Crippen LogP contribution is 2.33. The smallest absolute Gasteiger partial charge is 0.283 e. The van der Waals surface area contributed by atoms with Gasteiger partial charge >= 0.3 is 0 Å². The molecule has 1 N–H and O–H groups in total. The summed E-state index contributed by atoms with van der Waals surface area (Å²) in [6.45, 7) is 5.99. The number of aryl methyl sites for hydroxylation is 1. The monoisotopic (exact) mass is 455 g/mol. The minimum Gasteiger partial charge on any atom is -0.495 e. The first-order valence-corrected chi connectivity index (χ1v) is 11.1. The molecule has 0 spiro atoms. The van der Waals surface area contributed by atoms with Crippen LogP contribution < -0.4 is 4.74 Å². The van der Waals surface area contributed by atoms with Crippen molar-refractivity contribution in [2.45, 2.75) is 33.6 Å². The minimum atomic E-state index is -0.429. The maximum atomic E-state index is 12.7. The van der Waals surface area contributed by atoms with E-state index in [1.54, 1.807) is 19.3 Å². The predicted octanol–water partition coefficient (Wildman–Crippen LogP) is 5.18. The number of nitrogens with one attached hydrogen (secondary N) is 1. The highest BCUT2D eigenvalue weighted by Gasteiger charge is 2.35. The number of methoxy groups -OCH3 is 1. The van der Waals surface area contributed by atoms with Crippen LogP contribution in [0.15, 0.2) is 39.9 Å². The summed E-state index contributed by atoms with van der Waals surface area (Å²) in [5.41, 5.74) is 3.68. The van der Waals surface area contributed by atoms with Crippen LogP contribution >= 0.6 is 23.4 Å². The molecule has 4 rings (SSSR count). The Hall–Kier alpha value is -2.84. The summed E-state index contributed by atoms with van der Waals surface area (Å²) in [5.74, 6) is 0.300. The number of rotatable bonds is 5. The van der Waals surface area contributed by atoms with E-state index in [0.29, 0.717) is 15.9 Å². The number of carbonyl (C=O) groups is 1. The molecule has 160 valence electrons. The average Bonchev–Trinajstić information content (AvgIpc) is 3.25. The molecule has 2 aliphatic heterocycles. The maximum absolute atomic E-state index is 12.7. The molecule has 0 bridgehead atoms. The van der Waals surface area contributed by atoms with Crippen LogP contribution in [0.5, 0.6) is 5.75 Å². The third-order valence-corrected chi connectivity index (χ3v) is 6.32. The van der Waals surface area contributed by atoms with Crippen LogP contribution in [0.4, 0.5) is 0 Å². The van der Waals surface area contributed by atoms with Crippen molar-refractivity contribution in [3.63, 3.8) is 0 Å². The number of benzene rings is 1. The predicted molar refractivity (Wildman–Crippen MR) is 127 cm³/mol. The lowest BCUT2D eigenvalue weighted by Crippen LogP contribution is -2.35. The Morgan fingerprint density at radius 2 is 2.06 bits per heavy atom. The van der Waals surface area contributed by atoms with Crippen molar-refractivity contribution in [3.05, 3.63) is 51.8 Å².